The molecule has 0 amide bonds. The normalized spacial score (nSPS) is 52.6. The Hall–Kier alpha value is -0.960. The van der Waals surface area contributed by atoms with E-state index in [1.807, 2.05) is 0 Å². The highest BCUT2D eigenvalue weighted by molar-refractivity contribution is 4.98. The van der Waals surface area contributed by atoms with Crippen LogP contribution >= 0.6 is 0 Å². The second-order valence-electron chi connectivity index (χ2n) is 15.0. The highest BCUT2D eigenvalue weighted by Gasteiger charge is 2.56. The molecule has 0 unspecified atom stereocenters. The summed E-state index contributed by atoms with van der Waals surface area (Å²) in [6.45, 7) is 3.41. The minimum absolute atomic E-state index is 0.630. The zero-order valence-corrected chi connectivity index (χ0v) is 31.5. The van der Waals surface area contributed by atoms with Gasteiger partial charge >= 0.3 is 0 Å². The molecule has 14 N–H and O–H groups in total. The fourth-order valence-corrected chi connectivity index (χ4v) is 7.22. The number of hydrogen-bond donors (Lipinski definition) is 14. The van der Waals surface area contributed by atoms with Gasteiger partial charge in [-0.1, -0.05) is 0 Å². The first-order chi connectivity index (χ1) is 26.8. The number of hydrogen-bond acceptors (Lipinski definition) is 24. The third kappa shape index (κ3) is 9.90. The van der Waals surface area contributed by atoms with Gasteiger partial charge in [0.15, 0.2) is 31.5 Å². The standard InChI is InChI=1S/C33H58O24/c1-8-14(37)19(42)20(43)29(48-8)57-28-18(41)13(7-36)53-33(24(28)47)56-27-17(40)11(4)51-32(23(27)46)55-26-16(39)10(3)50-31(22(26)45)54-25-15(38)9(2)49-30(21(25)44)52-12(5-34)6-35/h8-47H,5-7H2,1-4H3/t8-,9-,10-,11-,13+,14-,15-,16-,17-,18+,19+,20+,21+,22+,23+,24+,25+,26+,27+,28-,29-,30-,31-,32-,33-/m0/s1. The molecule has 5 heterocycles. The Morgan fingerprint density at radius 1 is 0.368 bits per heavy atom. The molecule has 5 aliphatic rings. The van der Waals surface area contributed by atoms with E-state index in [2.05, 4.69) is 0 Å². The Morgan fingerprint density at radius 3 is 1.07 bits per heavy atom. The van der Waals surface area contributed by atoms with Crippen molar-refractivity contribution >= 4 is 0 Å². The van der Waals surface area contributed by atoms with Gasteiger partial charge in [-0.3, -0.25) is 0 Å². The molecule has 5 saturated heterocycles. The van der Waals surface area contributed by atoms with Crippen molar-refractivity contribution in [2.45, 2.75) is 187 Å². The largest absolute Gasteiger partial charge is 0.394 e. The van der Waals surface area contributed by atoms with E-state index in [0.717, 1.165) is 0 Å². The van der Waals surface area contributed by atoms with Gasteiger partial charge in [-0.15, -0.1) is 0 Å². The third-order valence-electron chi connectivity index (χ3n) is 10.9. The van der Waals surface area contributed by atoms with Gasteiger partial charge in [-0.2, -0.15) is 0 Å². The van der Waals surface area contributed by atoms with E-state index in [1.165, 1.54) is 27.7 Å². The summed E-state index contributed by atoms with van der Waals surface area (Å²) in [7, 11) is 0. The monoisotopic (exact) mass is 838 g/mol. The zero-order chi connectivity index (χ0) is 42.2. The second-order valence-corrected chi connectivity index (χ2v) is 15.0. The SMILES string of the molecule is C[C@@H]1O[C@@H](O[C@@H]2[C@@H](O)[C@H](O[C@@H]3[C@@H](O)[C@H](C)O[C@@H](O[C@@H]4[C@@H](O)[C@H](C)O[C@@H](O[C@@H]5[C@@H](O)[C@H](C)O[C@@H](OC(CO)CO)[C@@H]5O)[C@@H]4O)[C@@H]3O)O[C@H](CO)[C@H]2O)[C@H](O)[C@H](O)[C@H]1O. The number of rotatable bonds is 13. The summed E-state index contributed by atoms with van der Waals surface area (Å²) in [5.41, 5.74) is 0. The predicted octanol–water partition coefficient (Wildman–Crippen LogP) is -8.44. The Morgan fingerprint density at radius 2 is 0.684 bits per heavy atom. The fraction of sp³-hybridized carbons (Fsp3) is 1.00. The lowest BCUT2D eigenvalue weighted by Gasteiger charge is -2.49. The number of ether oxygens (including phenoxy) is 10. The molecule has 0 spiro atoms. The van der Waals surface area contributed by atoms with Crippen LogP contribution in [0.1, 0.15) is 27.7 Å². The molecule has 57 heavy (non-hydrogen) atoms. The molecular formula is C33H58O24. The van der Waals surface area contributed by atoms with Crippen molar-refractivity contribution in [1.29, 1.82) is 0 Å². The maximum absolute atomic E-state index is 11.4. The van der Waals surface area contributed by atoms with Crippen molar-refractivity contribution in [3.05, 3.63) is 0 Å². The van der Waals surface area contributed by atoms with Crippen molar-refractivity contribution in [2.75, 3.05) is 19.8 Å². The number of aliphatic hydroxyl groups excluding tert-OH is 14. The van der Waals surface area contributed by atoms with Crippen molar-refractivity contribution in [1.82, 2.24) is 0 Å². The average molecular weight is 839 g/mol. The van der Waals surface area contributed by atoms with Crippen LogP contribution in [0.15, 0.2) is 0 Å². The van der Waals surface area contributed by atoms with Crippen LogP contribution in [0.3, 0.4) is 0 Å². The van der Waals surface area contributed by atoms with Crippen molar-refractivity contribution in [2.24, 2.45) is 0 Å². The molecule has 5 rings (SSSR count). The average Bonchev–Trinajstić information content (AvgIpc) is 3.18. The van der Waals surface area contributed by atoms with Crippen LogP contribution in [0.25, 0.3) is 0 Å². The molecule has 24 heteroatoms. The van der Waals surface area contributed by atoms with Crippen LogP contribution < -0.4 is 0 Å². The first-order valence-electron chi connectivity index (χ1n) is 18.7. The smallest absolute Gasteiger partial charge is 0.187 e. The van der Waals surface area contributed by atoms with Gasteiger partial charge in [0.1, 0.15) is 104 Å². The molecule has 25 atom stereocenters. The molecule has 0 aromatic heterocycles. The summed E-state index contributed by atoms with van der Waals surface area (Å²) >= 11 is 0. The Balaban J connectivity index is 1.29. The van der Waals surface area contributed by atoms with Gasteiger partial charge < -0.3 is 119 Å². The molecule has 5 aliphatic heterocycles. The summed E-state index contributed by atoms with van der Waals surface area (Å²) in [6, 6.07) is 0. The third-order valence-corrected chi connectivity index (χ3v) is 10.9. The van der Waals surface area contributed by atoms with Gasteiger partial charge in [0.05, 0.1) is 44.2 Å². The van der Waals surface area contributed by atoms with Crippen LogP contribution in [-0.4, -0.2) is 251 Å². The summed E-state index contributed by atoms with van der Waals surface area (Å²) in [6.07, 6.45) is -41.8. The molecule has 0 radical (unpaired) electrons. The van der Waals surface area contributed by atoms with Gasteiger partial charge in [-0.05, 0) is 27.7 Å². The summed E-state index contributed by atoms with van der Waals surface area (Å²) in [4.78, 5) is 0. The van der Waals surface area contributed by atoms with E-state index in [9.17, 15) is 71.5 Å². The van der Waals surface area contributed by atoms with Crippen LogP contribution in [0.5, 0.6) is 0 Å². The van der Waals surface area contributed by atoms with E-state index in [-0.39, 0.29) is 0 Å². The fourth-order valence-electron chi connectivity index (χ4n) is 7.22. The highest BCUT2D eigenvalue weighted by Crippen LogP contribution is 2.36. The van der Waals surface area contributed by atoms with E-state index < -0.39 is 179 Å². The maximum atomic E-state index is 11.4. The zero-order valence-electron chi connectivity index (χ0n) is 31.5. The van der Waals surface area contributed by atoms with Gasteiger partial charge in [-0.25, -0.2) is 0 Å². The first kappa shape index (κ1) is 47.1. The van der Waals surface area contributed by atoms with Crippen molar-refractivity contribution in [3.63, 3.8) is 0 Å². The van der Waals surface area contributed by atoms with Crippen LogP contribution in [0, 0.1) is 0 Å². The Bertz CT molecular complexity index is 1240. The maximum Gasteiger partial charge on any atom is 0.187 e. The van der Waals surface area contributed by atoms with Crippen LogP contribution in [-0.2, 0) is 47.4 Å². The lowest BCUT2D eigenvalue weighted by Crippen LogP contribution is -2.67. The molecule has 24 nitrogen and oxygen atoms in total. The van der Waals surface area contributed by atoms with Crippen LogP contribution in [0.2, 0.25) is 0 Å². The first-order valence-corrected chi connectivity index (χ1v) is 18.7. The summed E-state index contributed by atoms with van der Waals surface area (Å²) in [5, 5.41) is 148. The van der Waals surface area contributed by atoms with E-state index >= 15 is 0 Å². The topological polar surface area (TPSA) is 376 Å². The van der Waals surface area contributed by atoms with E-state index in [0.29, 0.717) is 0 Å². The molecule has 0 bridgehead atoms. The minimum atomic E-state index is -1.98. The second kappa shape index (κ2) is 19.8. The minimum Gasteiger partial charge on any atom is -0.394 e. The highest BCUT2D eigenvalue weighted by atomic mass is 16.8. The van der Waals surface area contributed by atoms with Gasteiger partial charge in [0.2, 0.25) is 0 Å². The quantitative estimate of drug-likeness (QED) is 0.0819. The number of aliphatic hydroxyl groups is 14. The predicted molar refractivity (Wildman–Crippen MR) is 178 cm³/mol. The molecule has 0 aliphatic carbocycles. The van der Waals surface area contributed by atoms with E-state index in [1.54, 1.807) is 0 Å². The molecule has 334 valence electrons. The van der Waals surface area contributed by atoms with Gasteiger partial charge in [0.25, 0.3) is 0 Å². The van der Waals surface area contributed by atoms with Crippen LogP contribution in [0.4, 0.5) is 0 Å². The van der Waals surface area contributed by atoms with E-state index in [4.69, 9.17) is 47.4 Å². The van der Waals surface area contributed by atoms with Gasteiger partial charge in [0, 0.05) is 0 Å². The van der Waals surface area contributed by atoms with Crippen molar-refractivity contribution < 1.29 is 119 Å². The Kier molecular flexibility index (Phi) is 16.4. The lowest BCUT2D eigenvalue weighted by atomic mass is 9.95. The molecule has 0 saturated carbocycles. The molecule has 0 aromatic rings. The summed E-state index contributed by atoms with van der Waals surface area (Å²) in [5.74, 6) is 0. The lowest BCUT2D eigenvalue weighted by molar-refractivity contribution is -0.392. The van der Waals surface area contributed by atoms with Crippen molar-refractivity contribution in [3.8, 4) is 0 Å². The molecule has 5 fully saturated rings. The molecular weight excluding hydrogens is 780 g/mol. The summed E-state index contributed by atoms with van der Waals surface area (Å²) < 4.78 is 56.2. The Labute approximate surface area is 326 Å². The molecule has 0 aromatic carbocycles.